The molecule has 1 N–H and O–H groups in total. The van der Waals surface area contributed by atoms with Crippen molar-refractivity contribution in [2.75, 3.05) is 25.6 Å². The maximum absolute atomic E-state index is 13.2. The second-order valence-corrected chi connectivity index (χ2v) is 8.09. The lowest BCUT2D eigenvalue weighted by molar-refractivity contribution is 0.171. The Morgan fingerprint density at radius 3 is 2.52 bits per heavy atom. The van der Waals surface area contributed by atoms with Gasteiger partial charge >= 0.3 is 6.03 Å². The number of ether oxygens (including phenoxy) is 1. The average Bonchev–Trinajstić information content (AvgIpc) is 3.18. The minimum Gasteiger partial charge on any atom is -0.385 e. The normalized spacial score (nSPS) is 10.8. The second-order valence-electron chi connectivity index (χ2n) is 7.68. The predicted molar refractivity (Wildman–Crippen MR) is 127 cm³/mol. The molecule has 0 saturated carbocycles. The Bertz CT molecular complexity index is 995. The number of hydrogen-bond acceptors (Lipinski definition) is 2. The number of rotatable bonds is 9. The maximum Gasteiger partial charge on any atom is 0.322 e. The number of para-hydroxylation sites is 1. The molecule has 0 radical (unpaired) electrons. The Morgan fingerprint density at radius 2 is 1.81 bits per heavy atom. The number of methoxy groups -OCH3 is 1. The molecule has 1 heterocycles. The highest BCUT2D eigenvalue weighted by molar-refractivity contribution is 6.31. The van der Waals surface area contributed by atoms with E-state index in [-0.39, 0.29) is 6.03 Å². The Morgan fingerprint density at radius 1 is 1.06 bits per heavy atom. The third-order valence-electron chi connectivity index (χ3n) is 5.35. The van der Waals surface area contributed by atoms with Gasteiger partial charge in [0.1, 0.15) is 0 Å². The summed E-state index contributed by atoms with van der Waals surface area (Å²) in [7, 11) is 1.68. The van der Waals surface area contributed by atoms with Crippen LogP contribution in [0, 0.1) is 13.8 Å². The molecule has 0 aliphatic rings. The quantitative estimate of drug-likeness (QED) is 0.423. The van der Waals surface area contributed by atoms with Crippen LogP contribution in [-0.2, 0) is 17.8 Å². The first-order valence-electron chi connectivity index (χ1n) is 10.5. The Kier molecular flexibility index (Phi) is 8.15. The highest BCUT2D eigenvalue weighted by Crippen LogP contribution is 2.21. The van der Waals surface area contributed by atoms with Gasteiger partial charge in [-0.2, -0.15) is 0 Å². The zero-order valence-electron chi connectivity index (χ0n) is 18.4. The summed E-state index contributed by atoms with van der Waals surface area (Å²) >= 11 is 6.35. The van der Waals surface area contributed by atoms with Gasteiger partial charge in [-0.15, -0.1) is 0 Å². The van der Waals surface area contributed by atoms with Crippen LogP contribution in [0.5, 0.6) is 0 Å². The number of nitrogens with one attached hydrogen (secondary N) is 1. The van der Waals surface area contributed by atoms with Gasteiger partial charge in [-0.3, -0.25) is 0 Å². The van der Waals surface area contributed by atoms with E-state index < -0.39 is 0 Å². The molecule has 0 saturated heterocycles. The van der Waals surface area contributed by atoms with Crippen LogP contribution in [0.15, 0.2) is 60.8 Å². The molecule has 0 unspecified atom stereocenters. The van der Waals surface area contributed by atoms with Gasteiger partial charge in [-0.25, -0.2) is 4.79 Å². The van der Waals surface area contributed by atoms with E-state index in [4.69, 9.17) is 16.3 Å². The van der Waals surface area contributed by atoms with Crippen LogP contribution in [0.2, 0.25) is 5.02 Å². The number of carbonyl (C=O) groups is 1. The lowest BCUT2D eigenvalue weighted by atomic mass is 10.1. The van der Waals surface area contributed by atoms with E-state index >= 15 is 0 Å². The molecule has 2 amide bonds. The third-order valence-corrected chi connectivity index (χ3v) is 5.72. The first kappa shape index (κ1) is 22.9. The van der Waals surface area contributed by atoms with Crippen molar-refractivity contribution in [1.29, 1.82) is 0 Å². The number of nitrogens with zero attached hydrogens (tertiary/aromatic N) is 2. The summed E-state index contributed by atoms with van der Waals surface area (Å²) in [6.45, 7) is 6.37. The Balaban J connectivity index is 1.78. The number of hydrogen-bond donors (Lipinski definition) is 1. The van der Waals surface area contributed by atoms with Crippen molar-refractivity contribution >= 4 is 23.3 Å². The molecule has 3 rings (SSSR count). The molecule has 6 heteroatoms. The molecule has 31 heavy (non-hydrogen) atoms. The van der Waals surface area contributed by atoms with Crippen LogP contribution in [0.4, 0.5) is 10.5 Å². The summed E-state index contributed by atoms with van der Waals surface area (Å²) in [6, 6.07) is 17.8. The van der Waals surface area contributed by atoms with E-state index in [2.05, 4.69) is 9.88 Å². The number of anilines is 1. The summed E-state index contributed by atoms with van der Waals surface area (Å²) in [5.74, 6) is 0. The molecular weight excluding hydrogens is 410 g/mol. The molecule has 1 aromatic heterocycles. The predicted octanol–water partition coefficient (Wildman–Crippen LogP) is 5.88. The van der Waals surface area contributed by atoms with Crippen LogP contribution in [0.25, 0.3) is 0 Å². The van der Waals surface area contributed by atoms with Gasteiger partial charge < -0.3 is 19.5 Å². The molecule has 0 atom stereocenters. The smallest absolute Gasteiger partial charge is 0.322 e. The number of amides is 2. The van der Waals surface area contributed by atoms with Crippen molar-refractivity contribution in [1.82, 2.24) is 9.47 Å². The number of urea groups is 1. The number of aryl methyl sites for hydroxylation is 2. The molecule has 164 valence electrons. The Labute approximate surface area is 189 Å². The van der Waals surface area contributed by atoms with Gasteiger partial charge in [0.15, 0.2) is 0 Å². The van der Waals surface area contributed by atoms with Crippen LogP contribution < -0.4 is 5.32 Å². The van der Waals surface area contributed by atoms with E-state index in [0.717, 1.165) is 39.5 Å². The number of halogens is 1. The number of benzene rings is 2. The van der Waals surface area contributed by atoms with Crippen molar-refractivity contribution in [3.05, 3.63) is 88.2 Å². The van der Waals surface area contributed by atoms with Crippen LogP contribution in [0.1, 0.15) is 28.8 Å². The van der Waals surface area contributed by atoms with E-state index in [0.29, 0.717) is 26.2 Å². The highest BCUT2D eigenvalue weighted by atomic mass is 35.5. The lowest BCUT2D eigenvalue weighted by Crippen LogP contribution is -2.36. The van der Waals surface area contributed by atoms with E-state index in [1.165, 1.54) is 0 Å². The molecule has 2 aromatic carbocycles. The van der Waals surface area contributed by atoms with Crippen molar-refractivity contribution in [3.8, 4) is 0 Å². The first-order chi connectivity index (χ1) is 15.0. The second kappa shape index (κ2) is 11.0. The van der Waals surface area contributed by atoms with Gasteiger partial charge in [0.2, 0.25) is 0 Å². The molecular formula is C25H30ClN3O2. The Hall–Kier alpha value is -2.76. The largest absolute Gasteiger partial charge is 0.385 e. The van der Waals surface area contributed by atoms with E-state index in [1.807, 2.05) is 79.5 Å². The SMILES string of the molecule is COCCCN(Cc1cccn1Cc1ccccc1Cl)C(=O)Nc1c(C)cccc1C. The van der Waals surface area contributed by atoms with Crippen LogP contribution >= 0.6 is 11.6 Å². The summed E-state index contributed by atoms with van der Waals surface area (Å²) in [4.78, 5) is 15.0. The summed E-state index contributed by atoms with van der Waals surface area (Å²) in [6.07, 6.45) is 2.79. The fraction of sp³-hybridized carbons (Fsp3) is 0.320. The standard InChI is InChI=1S/C25H30ClN3O2/c1-19-9-6-10-20(2)24(19)27-25(30)29(15-8-16-31-3)18-22-12-7-14-28(22)17-21-11-4-5-13-23(21)26/h4-7,9-14H,8,15-18H2,1-3H3,(H,27,30). The van der Waals surface area contributed by atoms with Gasteiger partial charge in [0.25, 0.3) is 0 Å². The van der Waals surface area contributed by atoms with E-state index in [9.17, 15) is 4.79 Å². The molecule has 0 spiro atoms. The fourth-order valence-corrected chi connectivity index (χ4v) is 3.80. The molecule has 0 aliphatic carbocycles. The van der Waals surface area contributed by atoms with Gasteiger partial charge in [-0.05, 0) is 55.2 Å². The number of aromatic nitrogens is 1. The van der Waals surface area contributed by atoms with Crippen molar-refractivity contribution in [3.63, 3.8) is 0 Å². The summed E-state index contributed by atoms with van der Waals surface area (Å²) in [5.41, 5.74) is 5.07. The first-order valence-corrected chi connectivity index (χ1v) is 10.9. The molecule has 3 aromatic rings. The molecule has 0 fully saturated rings. The van der Waals surface area contributed by atoms with Gasteiger partial charge in [0, 0.05) is 49.4 Å². The van der Waals surface area contributed by atoms with Crippen molar-refractivity contribution in [2.45, 2.75) is 33.4 Å². The van der Waals surface area contributed by atoms with Crippen LogP contribution in [-0.4, -0.2) is 35.8 Å². The minimum atomic E-state index is -0.112. The molecule has 5 nitrogen and oxygen atoms in total. The monoisotopic (exact) mass is 439 g/mol. The average molecular weight is 440 g/mol. The van der Waals surface area contributed by atoms with Gasteiger partial charge in [0.05, 0.1) is 6.54 Å². The highest BCUT2D eigenvalue weighted by Gasteiger charge is 2.17. The molecule has 0 aliphatic heterocycles. The minimum absolute atomic E-state index is 0.112. The van der Waals surface area contributed by atoms with E-state index in [1.54, 1.807) is 7.11 Å². The van der Waals surface area contributed by atoms with Crippen LogP contribution in [0.3, 0.4) is 0 Å². The maximum atomic E-state index is 13.2. The zero-order chi connectivity index (χ0) is 22.2. The summed E-state index contributed by atoms with van der Waals surface area (Å²) < 4.78 is 7.34. The number of carbonyl (C=O) groups excluding carboxylic acids is 1. The fourth-order valence-electron chi connectivity index (χ4n) is 3.60. The van der Waals surface area contributed by atoms with Crippen molar-refractivity contribution in [2.24, 2.45) is 0 Å². The van der Waals surface area contributed by atoms with Gasteiger partial charge in [-0.1, -0.05) is 48.0 Å². The van der Waals surface area contributed by atoms with Crippen molar-refractivity contribution < 1.29 is 9.53 Å². The third kappa shape index (κ3) is 6.12. The zero-order valence-corrected chi connectivity index (χ0v) is 19.2. The molecule has 0 bridgehead atoms. The lowest BCUT2D eigenvalue weighted by Gasteiger charge is -2.25. The summed E-state index contributed by atoms with van der Waals surface area (Å²) in [5, 5.41) is 3.85. The topological polar surface area (TPSA) is 46.5 Å².